The van der Waals surface area contributed by atoms with Crippen molar-refractivity contribution in [1.82, 2.24) is 0 Å². The summed E-state index contributed by atoms with van der Waals surface area (Å²) in [5, 5.41) is 0.0933. The van der Waals surface area contributed by atoms with E-state index in [9.17, 15) is 0 Å². The van der Waals surface area contributed by atoms with Gasteiger partial charge in [0.1, 0.15) is 0 Å². The first-order chi connectivity index (χ1) is 8.60. The Labute approximate surface area is 119 Å². The van der Waals surface area contributed by atoms with Gasteiger partial charge >= 0.3 is 0 Å². The molecule has 0 aliphatic rings. The van der Waals surface area contributed by atoms with Gasteiger partial charge < -0.3 is 0 Å². The van der Waals surface area contributed by atoms with Crippen LogP contribution in [0.5, 0.6) is 0 Å². The Morgan fingerprint density at radius 2 is 1.94 bits per heavy atom. The summed E-state index contributed by atoms with van der Waals surface area (Å²) in [6.45, 7) is 6.47. The molecule has 0 amide bonds. The minimum atomic E-state index is 0.0933. The van der Waals surface area contributed by atoms with E-state index in [1.807, 2.05) is 11.3 Å². The molecule has 2 rings (SSSR count). The molecule has 0 fully saturated rings. The zero-order chi connectivity index (χ0) is 13.1. The lowest BCUT2D eigenvalue weighted by atomic mass is 10.0. The van der Waals surface area contributed by atoms with Crippen molar-refractivity contribution >= 4 is 22.9 Å². The molecule has 2 heteroatoms. The van der Waals surface area contributed by atoms with Crippen LogP contribution in [0, 0.1) is 13.8 Å². The van der Waals surface area contributed by atoms with Gasteiger partial charge in [0.05, 0.1) is 5.38 Å². The second-order valence-electron chi connectivity index (χ2n) is 4.76. The maximum Gasteiger partial charge on any atom is 0.0719 e. The van der Waals surface area contributed by atoms with Crippen LogP contribution in [0.1, 0.15) is 38.7 Å². The third-order valence-corrected chi connectivity index (χ3v) is 5.11. The minimum Gasteiger partial charge on any atom is -0.144 e. The monoisotopic (exact) mass is 278 g/mol. The number of alkyl halides is 1. The number of hydrogen-bond donors (Lipinski definition) is 0. The van der Waals surface area contributed by atoms with E-state index in [1.54, 1.807) is 0 Å². The first kappa shape index (κ1) is 13.6. The molecule has 1 atom stereocenters. The molecule has 0 saturated heterocycles. The number of hydrogen-bond acceptors (Lipinski definition) is 1. The Morgan fingerprint density at radius 1 is 1.17 bits per heavy atom. The van der Waals surface area contributed by atoms with Gasteiger partial charge in [0.2, 0.25) is 0 Å². The highest BCUT2D eigenvalue weighted by molar-refractivity contribution is 7.12. The Morgan fingerprint density at radius 3 is 2.61 bits per heavy atom. The fraction of sp³-hybridized carbons (Fsp3) is 0.375. The van der Waals surface area contributed by atoms with E-state index >= 15 is 0 Å². The number of halogens is 1. The lowest BCUT2D eigenvalue weighted by Gasteiger charge is -2.11. The van der Waals surface area contributed by atoms with Crippen LogP contribution < -0.4 is 0 Å². The zero-order valence-electron chi connectivity index (χ0n) is 11.2. The van der Waals surface area contributed by atoms with Gasteiger partial charge in [0, 0.05) is 9.75 Å². The maximum atomic E-state index is 6.55. The first-order valence-electron chi connectivity index (χ1n) is 6.39. The van der Waals surface area contributed by atoms with Crippen molar-refractivity contribution in [3.8, 4) is 0 Å². The summed E-state index contributed by atoms with van der Waals surface area (Å²) in [7, 11) is 0. The lowest BCUT2D eigenvalue weighted by Crippen LogP contribution is -1.96. The van der Waals surface area contributed by atoms with Crippen molar-refractivity contribution in [2.45, 2.75) is 39.0 Å². The fourth-order valence-electron chi connectivity index (χ4n) is 2.07. The molecule has 0 bridgehead atoms. The largest absolute Gasteiger partial charge is 0.144 e. The van der Waals surface area contributed by atoms with Crippen molar-refractivity contribution in [2.75, 3.05) is 0 Å². The highest BCUT2D eigenvalue weighted by Gasteiger charge is 2.12. The summed E-state index contributed by atoms with van der Waals surface area (Å²) in [5.41, 5.74) is 4.00. The van der Waals surface area contributed by atoms with Crippen molar-refractivity contribution in [3.63, 3.8) is 0 Å². The van der Waals surface area contributed by atoms with Gasteiger partial charge in [0.15, 0.2) is 0 Å². The first-order valence-corrected chi connectivity index (χ1v) is 7.64. The molecule has 0 aliphatic heterocycles. The fourth-order valence-corrected chi connectivity index (χ4v) is 3.37. The molecule has 2 aromatic rings. The molecule has 0 spiro atoms. The van der Waals surface area contributed by atoms with E-state index in [0.717, 1.165) is 12.8 Å². The van der Waals surface area contributed by atoms with E-state index in [1.165, 1.54) is 26.4 Å². The van der Waals surface area contributed by atoms with Crippen molar-refractivity contribution in [1.29, 1.82) is 0 Å². The SMILES string of the molecule is CCc1ccc(C(Cl)Cc2cc(C)ccc2C)s1. The normalized spacial score (nSPS) is 12.7. The quantitative estimate of drug-likeness (QED) is 0.653. The van der Waals surface area contributed by atoms with Crippen LogP contribution in [0.15, 0.2) is 30.3 Å². The molecule has 0 nitrogen and oxygen atoms in total. The molecule has 1 heterocycles. The molecule has 18 heavy (non-hydrogen) atoms. The van der Waals surface area contributed by atoms with Gasteiger partial charge in [-0.25, -0.2) is 0 Å². The van der Waals surface area contributed by atoms with Crippen molar-refractivity contribution in [3.05, 3.63) is 56.8 Å². The zero-order valence-corrected chi connectivity index (χ0v) is 12.7. The lowest BCUT2D eigenvalue weighted by molar-refractivity contribution is 0.927. The van der Waals surface area contributed by atoms with E-state index in [0.29, 0.717) is 0 Å². The molecule has 0 N–H and O–H groups in total. The van der Waals surface area contributed by atoms with Crippen LogP contribution in [0.2, 0.25) is 0 Å². The highest BCUT2D eigenvalue weighted by Crippen LogP contribution is 2.32. The van der Waals surface area contributed by atoms with Crippen LogP contribution in [0.3, 0.4) is 0 Å². The van der Waals surface area contributed by atoms with Crippen LogP contribution in [-0.4, -0.2) is 0 Å². The van der Waals surface area contributed by atoms with Gasteiger partial charge in [-0.05, 0) is 49.9 Å². The van der Waals surface area contributed by atoms with Gasteiger partial charge in [-0.3, -0.25) is 0 Å². The van der Waals surface area contributed by atoms with Gasteiger partial charge in [-0.1, -0.05) is 30.7 Å². The molecular formula is C16H19ClS. The standard InChI is InChI=1S/C16H19ClS/c1-4-14-7-8-16(18-14)15(17)10-13-9-11(2)5-6-12(13)3/h5-9,15H,4,10H2,1-3H3. The number of aryl methyl sites for hydroxylation is 3. The van der Waals surface area contributed by atoms with Crippen molar-refractivity contribution < 1.29 is 0 Å². The summed E-state index contributed by atoms with van der Waals surface area (Å²) < 4.78 is 0. The van der Waals surface area contributed by atoms with E-state index < -0.39 is 0 Å². The Hall–Kier alpha value is -0.790. The number of rotatable bonds is 4. The van der Waals surface area contributed by atoms with Gasteiger partial charge in [-0.2, -0.15) is 0 Å². The minimum absolute atomic E-state index is 0.0933. The second-order valence-corrected chi connectivity index (χ2v) is 6.49. The molecule has 1 aromatic heterocycles. The molecule has 0 saturated carbocycles. The topological polar surface area (TPSA) is 0 Å². The predicted octanol–water partition coefficient (Wildman–Crippen LogP) is 5.45. The van der Waals surface area contributed by atoms with E-state index in [4.69, 9.17) is 11.6 Å². The Kier molecular flexibility index (Phi) is 4.47. The molecule has 1 aromatic carbocycles. The summed E-state index contributed by atoms with van der Waals surface area (Å²) in [6.07, 6.45) is 2.01. The van der Waals surface area contributed by atoms with Gasteiger partial charge in [-0.15, -0.1) is 22.9 Å². The predicted molar refractivity (Wildman–Crippen MR) is 81.9 cm³/mol. The number of thiophene rings is 1. The molecule has 96 valence electrons. The smallest absolute Gasteiger partial charge is 0.0719 e. The summed E-state index contributed by atoms with van der Waals surface area (Å²) in [4.78, 5) is 2.70. The molecular weight excluding hydrogens is 260 g/mol. The van der Waals surface area contributed by atoms with Crippen molar-refractivity contribution in [2.24, 2.45) is 0 Å². The molecule has 0 aliphatic carbocycles. The average Bonchev–Trinajstić information content (AvgIpc) is 2.82. The van der Waals surface area contributed by atoms with Crippen LogP contribution in [0.25, 0.3) is 0 Å². The summed E-state index contributed by atoms with van der Waals surface area (Å²) in [5.74, 6) is 0. The third-order valence-electron chi connectivity index (χ3n) is 3.24. The van der Waals surface area contributed by atoms with E-state index in [-0.39, 0.29) is 5.38 Å². The average molecular weight is 279 g/mol. The highest BCUT2D eigenvalue weighted by atomic mass is 35.5. The Balaban J connectivity index is 2.15. The summed E-state index contributed by atoms with van der Waals surface area (Å²) in [6, 6.07) is 11.0. The van der Waals surface area contributed by atoms with Gasteiger partial charge in [0.25, 0.3) is 0 Å². The van der Waals surface area contributed by atoms with Crippen LogP contribution in [0.4, 0.5) is 0 Å². The summed E-state index contributed by atoms with van der Waals surface area (Å²) >= 11 is 8.38. The van der Waals surface area contributed by atoms with E-state index in [2.05, 4.69) is 51.1 Å². The van der Waals surface area contributed by atoms with Crippen LogP contribution in [-0.2, 0) is 12.8 Å². The van der Waals surface area contributed by atoms with Crippen LogP contribution >= 0.6 is 22.9 Å². The molecule has 1 unspecified atom stereocenters. The number of benzene rings is 1. The maximum absolute atomic E-state index is 6.55. The second kappa shape index (κ2) is 5.90. The Bertz CT molecular complexity index is 528. The third kappa shape index (κ3) is 3.15. The molecule has 0 radical (unpaired) electrons.